The molecule has 3 rings (SSSR count). The van der Waals surface area contributed by atoms with Crippen LogP contribution in [0.5, 0.6) is 0 Å². The Morgan fingerprint density at radius 2 is 2.12 bits per heavy atom. The van der Waals surface area contributed by atoms with Crippen LogP contribution in [0.15, 0.2) is 36.4 Å². The maximum Gasteiger partial charge on any atom is 0.216 e. The second-order valence-electron chi connectivity index (χ2n) is 3.53. The molecular formula is C11H7FN4S. The first-order valence-corrected chi connectivity index (χ1v) is 5.35. The van der Waals surface area contributed by atoms with Gasteiger partial charge in [-0.1, -0.05) is 12.1 Å². The summed E-state index contributed by atoms with van der Waals surface area (Å²) >= 11 is 5.03. The van der Waals surface area contributed by atoms with Crippen LogP contribution in [-0.2, 0) is 0 Å². The van der Waals surface area contributed by atoms with E-state index in [1.54, 1.807) is 24.3 Å². The molecule has 17 heavy (non-hydrogen) atoms. The molecule has 0 atom stereocenters. The van der Waals surface area contributed by atoms with E-state index < -0.39 is 0 Å². The van der Waals surface area contributed by atoms with Crippen LogP contribution in [0.2, 0.25) is 0 Å². The van der Waals surface area contributed by atoms with Crippen LogP contribution >= 0.6 is 12.2 Å². The molecule has 0 saturated heterocycles. The summed E-state index contributed by atoms with van der Waals surface area (Å²) in [6, 6.07) is 9.81. The first kappa shape index (κ1) is 10.1. The fourth-order valence-corrected chi connectivity index (χ4v) is 1.78. The van der Waals surface area contributed by atoms with Crippen molar-refractivity contribution in [2.24, 2.45) is 0 Å². The van der Waals surface area contributed by atoms with Crippen molar-refractivity contribution in [2.45, 2.75) is 0 Å². The third-order valence-corrected chi connectivity index (χ3v) is 2.66. The minimum absolute atomic E-state index is 0.291. The lowest BCUT2D eigenvalue weighted by molar-refractivity contribution is 0.628. The summed E-state index contributed by atoms with van der Waals surface area (Å²) in [4.78, 5) is 0. The average molecular weight is 246 g/mol. The number of aromatic nitrogens is 4. The predicted molar refractivity (Wildman–Crippen MR) is 63.6 cm³/mol. The molecular weight excluding hydrogens is 239 g/mol. The zero-order valence-electron chi connectivity index (χ0n) is 8.59. The van der Waals surface area contributed by atoms with Crippen LogP contribution in [0, 0.1) is 10.6 Å². The topological polar surface area (TPSA) is 46.0 Å². The number of nitrogens with zero attached hydrogens (tertiary/aromatic N) is 3. The first-order valence-electron chi connectivity index (χ1n) is 4.94. The fourth-order valence-electron chi connectivity index (χ4n) is 1.60. The van der Waals surface area contributed by atoms with Crippen molar-refractivity contribution in [2.75, 3.05) is 0 Å². The van der Waals surface area contributed by atoms with Crippen LogP contribution in [0.4, 0.5) is 4.39 Å². The first-order chi connectivity index (χ1) is 8.24. The van der Waals surface area contributed by atoms with Gasteiger partial charge < -0.3 is 0 Å². The number of rotatable bonds is 1. The van der Waals surface area contributed by atoms with Crippen LogP contribution in [0.3, 0.4) is 0 Å². The standard InChI is InChI=1S/C11H7FN4S/c12-8-3-1-2-7(6-8)9-4-5-10-13-14-11(17)16(10)15-9/h1-6H,(H,14,17). The van der Waals surface area contributed by atoms with E-state index in [2.05, 4.69) is 15.3 Å². The molecule has 2 heterocycles. The highest BCUT2D eigenvalue weighted by atomic mass is 32.1. The van der Waals surface area contributed by atoms with E-state index in [1.165, 1.54) is 16.6 Å². The molecule has 0 amide bonds. The molecule has 3 aromatic rings. The molecule has 0 fully saturated rings. The van der Waals surface area contributed by atoms with E-state index in [-0.39, 0.29) is 5.82 Å². The zero-order chi connectivity index (χ0) is 11.8. The highest BCUT2D eigenvalue weighted by Gasteiger charge is 2.04. The Labute approximate surface area is 101 Å². The van der Waals surface area contributed by atoms with Crippen molar-refractivity contribution < 1.29 is 4.39 Å². The van der Waals surface area contributed by atoms with Gasteiger partial charge in [-0.25, -0.2) is 9.49 Å². The molecule has 6 heteroatoms. The Bertz CT molecular complexity index is 746. The molecule has 0 aliphatic rings. The van der Waals surface area contributed by atoms with Crippen LogP contribution in [-0.4, -0.2) is 19.8 Å². The molecule has 0 radical (unpaired) electrons. The van der Waals surface area contributed by atoms with Gasteiger partial charge in [-0.2, -0.15) is 14.7 Å². The highest BCUT2D eigenvalue weighted by molar-refractivity contribution is 7.71. The van der Waals surface area contributed by atoms with Gasteiger partial charge in [0.1, 0.15) is 5.82 Å². The van der Waals surface area contributed by atoms with Crippen LogP contribution in [0.1, 0.15) is 0 Å². The Balaban J connectivity index is 2.24. The Hall–Kier alpha value is -2.08. The van der Waals surface area contributed by atoms with Gasteiger partial charge in [-0.3, -0.25) is 0 Å². The Kier molecular flexibility index (Phi) is 2.22. The summed E-state index contributed by atoms with van der Waals surface area (Å²) in [5.41, 5.74) is 1.99. The van der Waals surface area contributed by atoms with Crippen molar-refractivity contribution in [3.8, 4) is 11.3 Å². The molecule has 0 saturated carbocycles. The third kappa shape index (κ3) is 1.72. The molecule has 1 aromatic carbocycles. The Morgan fingerprint density at radius 3 is 2.94 bits per heavy atom. The lowest BCUT2D eigenvalue weighted by atomic mass is 10.1. The van der Waals surface area contributed by atoms with Crippen molar-refractivity contribution in [3.63, 3.8) is 0 Å². The van der Waals surface area contributed by atoms with E-state index in [4.69, 9.17) is 12.2 Å². The zero-order valence-corrected chi connectivity index (χ0v) is 9.41. The van der Waals surface area contributed by atoms with Crippen molar-refractivity contribution in [3.05, 3.63) is 47.0 Å². The van der Waals surface area contributed by atoms with Gasteiger partial charge in [0.15, 0.2) is 5.65 Å². The molecule has 0 unspecified atom stereocenters. The normalized spacial score (nSPS) is 10.9. The van der Waals surface area contributed by atoms with E-state index in [1.807, 2.05) is 0 Å². The number of aromatic amines is 1. The van der Waals surface area contributed by atoms with Crippen LogP contribution in [0.25, 0.3) is 16.9 Å². The van der Waals surface area contributed by atoms with Crippen molar-refractivity contribution in [1.29, 1.82) is 0 Å². The molecule has 0 bridgehead atoms. The molecule has 4 nitrogen and oxygen atoms in total. The molecule has 0 aliphatic carbocycles. The largest absolute Gasteiger partial charge is 0.250 e. The number of fused-ring (bicyclic) bond motifs is 1. The van der Waals surface area contributed by atoms with E-state index >= 15 is 0 Å². The SMILES string of the molecule is Fc1cccc(-c2ccc3n[nH]c(=S)n3n2)c1. The monoisotopic (exact) mass is 246 g/mol. The minimum Gasteiger partial charge on any atom is -0.250 e. The average Bonchev–Trinajstić information content (AvgIpc) is 2.71. The summed E-state index contributed by atoms with van der Waals surface area (Å²) in [7, 11) is 0. The number of hydrogen-bond acceptors (Lipinski definition) is 3. The quantitative estimate of drug-likeness (QED) is 0.671. The van der Waals surface area contributed by atoms with Crippen molar-refractivity contribution in [1.82, 2.24) is 19.8 Å². The lowest BCUT2D eigenvalue weighted by Gasteiger charge is -2.00. The molecule has 1 N–H and O–H groups in total. The number of benzene rings is 1. The van der Waals surface area contributed by atoms with Gasteiger partial charge >= 0.3 is 0 Å². The molecule has 0 spiro atoms. The van der Waals surface area contributed by atoms with Gasteiger partial charge in [-0.15, -0.1) is 0 Å². The number of halogens is 1. The minimum atomic E-state index is -0.291. The highest BCUT2D eigenvalue weighted by Crippen LogP contribution is 2.17. The lowest BCUT2D eigenvalue weighted by Crippen LogP contribution is -1.94. The van der Waals surface area contributed by atoms with E-state index in [0.717, 1.165) is 0 Å². The second kappa shape index (κ2) is 3.74. The molecule has 0 aliphatic heterocycles. The van der Waals surface area contributed by atoms with Crippen LogP contribution < -0.4 is 0 Å². The fraction of sp³-hybridized carbons (Fsp3) is 0. The molecule has 84 valence electrons. The van der Waals surface area contributed by atoms with Crippen molar-refractivity contribution >= 4 is 17.9 Å². The van der Waals surface area contributed by atoms with Gasteiger partial charge in [0.2, 0.25) is 4.77 Å². The summed E-state index contributed by atoms with van der Waals surface area (Å²) in [5, 5.41) is 10.9. The van der Waals surface area contributed by atoms with E-state index in [0.29, 0.717) is 21.7 Å². The van der Waals surface area contributed by atoms with Gasteiger partial charge in [0.05, 0.1) is 5.69 Å². The summed E-state index contributed by atoms with van der Waals surface area (Å²) < 4.78 is 15.0. The maximum atomic E-state index is 13.1. The summed E-state index contributed by atoms with van der Waals surface area (Å²) in [6.07, 6.45) is 0. The van der Waals surface area contributed by atoms with Gasteiger partial charge in [0.25, 0.3) is 0 Å². The number of nitrogens with one attached hydrogen (secondary N) is 1. The number of hydrogen-bond donors (Lipinski definition) is 1. The van der Waals surface area contributed by atoms with E-state index in [9.17, 15) is 4.39 Å². The molecule has 2 aromatic heterocycles. The second-order valence-corrected chi connectivity index (χ2v) is 3.91. The number of H-pyrrole nitrogens is 1. The van der Waals surface area contributed by atoms with Gasteiger partial charge in [0, 0.05) is 5.56 Å². The smallest absolute Gasteiger partial charge is 0.216 e. The summed E-state index contributed by atoms with van der Waals surface area (Å²) in [5.74, 6) is -0.291. The Morgan fingerprint density at radius 1 is 1.24 bits per heavy atom. The summed E-state index contributed by atoms with van der Waals surface area (Å²) in [6.45, 7) is 0. The maximum absolute atomic E-state index is 13.1. The predicted octanol–water partition coefficient (Wildman–Crippen LogP) is 2.59. The van der Waals surface area contributed by atoms with Gasteiger partial charge in [-0.05, 0) is 36.5 Å². The third-order valence-electron chi connectivity index (χ3n) is 2.39.